The third kappa shape index (κ3) is 4.94. The smallest absolute Gasteiger partial charge is 0.271 e. The topological polar surface area (TPSA) is 134 Å². The number of nitro benzene ring substituents is 2. The Morgan fingerprint density at radius 2 is 1.70 bits per heavy atom. The standard InChI is InChI=1S/C19H20N6O5/c1-22-7-9-23(10-8-22)18-6-5-17(25(29)30)12-15(18)13-20-21-19(26)14-3-2-4-16(11-14)24(27)28/h2-6,11-13H,7-10H2,1H3,(H,21,26)/b20-13+. The first-order valence-corrected chi connectivity index (χ1v) is 9.15. The van der Waals surface area contributed by atoms with Gasteiger partial charge in [-0.3, -0.25) is 25.0 Å². The zero-order valence-corrected chi connectivity index (χ0v) is 16.2. The van der Waals surface area contributed by atoms with Crippen molar-refractivity contribution >= 4 is 29.2 Å². The van der Waals surface area contributed by atoms with Crippen molar-refractivity contribution in [2.45, 2.75) is 0 Å². The molecular formula is C19H20N6O5. The van der Waals surface area contributed by atoms with Crippen LogP contribution in [0, 0.1) is 20.2 Å². The predicted molar refractivity (Wildman–Crippen MR) is 111 cm³/mol. The highest BCUT2D eigenvalue weighted by Crippen LogP contribution is 2.25. The summed E-state index contributed by atoms with van der Waals surface area (Å²) in [6, 6.07) is 9.78. The van der Waals surface area contributed by atoms with E-state index in [1.807, 2.05) is 7.05 Å². The Labute approximate surface area is 171 Å². The van der Waals surface area contributed by atoms with Crippen LogP contribution in [0.1, 0.15) is 15.9 Å². The third-order valence-electron chi connectivity index (χ3n) is 4.75. The van der Waals surface area contributed by atoms with E-state index in [9.17, 15) is 25.0 Å². The van der Waals surface area contributed by atoms with Gasteiger partial charge < -0.3 is 9.80 Å². The molecule has 1 N–H and O–H groups in total. The maximum atomic E-state index is 12.2. The lowest BCUT2D eigenvalue weighted by Gasteiger charge is -2.34. The summed E-state index contributed by atoms with van der Waals surface area (Å²) in [4.78, 5) is 37.5. The number of piperazine rings is 1. The largest absolute Gasteiger partial charge is 0.368 e. The maximum Gasteiger partial charge on any atom is 0.271 e. The van der Waals surface area contributed by atoms with Crippen molar-refractivity contribution in [1.29, 1.82) is 0 Å². The Kier molecular flexibility index (Phi) is 6.32. The van der Waals surface area contributed by atoms with E-state index in [0.29, 0.717) is 5.56 Å². The second kappa shape index (κ2) is 9.09. The number of nitro groups is 2. The Bertz CT molecular complexity index is 1000. The maximum absolute atomic E-state index is 12.2. The monoisotopic (exact) mass is 412 g/mol. The SMILES string of the molecule is CN1CCN(c2ccc([N+](=O)[O-])cc2/C=N/NC(=O)c2cccc([N+](=O)[O-])c2)CC1. The molecule has 1 saturated heterocycles. The number of carbonyl (C=O) groups is 1. The van der Waals surface area contributed by atoms with Gasteiger partial charge in [-0.1, -0.05) is 6.07 Å². The molecule has 1 fully saturated rings. The van der Waals surface area contributed by atoms with E-state index in [1.54, 1.807) is 6.07 Å². The van der Waals surface area contributed by atoms with Gasteiger partial charge in [0.2, 0.25) is 0 Å². The van der Waals surface area contributed by atoms with Gasteiger partial charge in [-0.2, -0.15) is 5.10 Å². The number of non-ortho nitro benzene ring substituents is 2. The summed E-state index contributed by atoms with van der Waals surface area (Å²) in [5.41, 5.74) is 3.38. The highest BCUT2D eigenvalue weighted by Gasteiger charge is 2.19. The summed E-state index contributed by atoms with van der Waals surface area (Å²) in [5, 5.41) is 25.9. The Morgan fingerprint density at radius 3 is 2.37 bits per heavy atom. The van der Waals surface area contributed by atoms with Crippen LogP contribution < -0.4 is 10.3 Å². The number of anilines is 1. The van der Waals surface area contributed by atoms with Gasteiger partial charge in [0.25, 0.3) is 17.3 Å². The van der Waals surface area contributed by atoms with E-state index < -0.39 is 15.8 Å². The molecule has 11 nitrogen and oxygen atoms in total. The molecule has 2 aromatic carbocycles. The van der Waals surface area contributed by atoms with Crippen LogP contribution in [0.15, 0.2) is 47.6 Å². The fourth-order valence-electron chi connectivity index (χ4n) is 3.08. The Morgan fingerprint density at radius 1 is 1.03 bits per heavy atom. The van der Waals surface area contributed by atoms with E-state index in [2.05, 4.69) is 20.3 Å². The van der Waals surface area contributed by atoms with E-state index in [1.165, 1.54) is 36.5 Å². The van der Waals surface area contributed by atoms with Gasteiger partial charge >= 0.3 is 0 Å². The van der Waals surface area contributed by atoms with Crippen LogP contribution in [0.2, 0.25) is 0 Å². The molecule has 30 heavy (non-hydrogen) atoms. The van der Waals surface area contributed by atoms with Crippen LogP contribution >= 0.6 is 0 Å². The van der Waals surface area contributed by atoms with E-state index >= 15 is 0 Å². The minimum absolute atomic E-state index is 0.0830. The molecule has 2 aromatic rings. The number of hydrogen-bond donors (Lipinski definition) is 1. The summed E-state index contributed by atoms with van der Waals surface area (Å²) in [6.45, 7) is 3.23. The van der Waals surface area contributed by atoms with Gasteiger partial charge in [0, 0.05) is 67.3 Å². The van der Waals surface area contributed by atoms with E-state index in [4.69, 9.17) is 0 Å². The van der Waals surface area contributed by atoms with Crippen molar-refractivity contribution in [1.82, 2.24) is 10.3 Å². The average Bonchev–Trinajstić information content (AvgIpc) is 2.74. The third-order valence-corrected chi connectivity index (χ3v) is 4.75. The van der Waals surface area contributed by atoms with Crippen molar-refractivity contribution in [3.63, 3.8) is 0 Å². The molecule has 0 aromatic heterocycles. The number of carbonyl (C=O) groups excluding carboxylic acids is 1. The number of nitrogens with zero attached hydrogens (tertiary/aromatic N) is 5. The summed E-state index contributed by atoms with van der Waals surface area (Å²) in [6.07, 6.45) is 1.34. The molecule has 3 rings (SSSR count). The fourth-order valence-corrected chi connectivity index (χ4v) is 3.08. The molecule has 1 amide bonds. The van der Waals surface area contributed by atoms with Gasteiger partial charge in [0.15, 0.2) is 0 Å². The molecule has 0 aliphatic carbocycles. The molecule has 1 heterocycles. The molecule has 1 aliphatic heterocycles. The Hall–Kier alpha value is -3.86. The molecule has 156 valence electrons. The minimum Gasteiger partial charge on any atom is -0.368 e. The van der Waals surface area contributed by atoms with Crippen LogP contribution in [-0.2, 0) is 0 Å². The number of nitrogens with one attached hydrogen (secondary N) is 1. The summed E-state index contributed by atoms with van der Waals surface area (Å²) < 4.78 is 0. The van der Waals surface area contributed by atoms with Crippen LogP contribution in [0.3, 0.4) is 0 Å². The lowest BCUT2D eigenvalue weighted by atomic mass is 10.1. The van der Waals surface area contributed by atoms with Crippen molar-refractivity contribution in [3.8, 4) is 0 Å². The van der Waals surface area contributed by atoms with Crippen LogP contribution in [-0.4, -0.2) is 60.1 Å². The molecule has 11 heteroatoms. The van der Waals surface area contributed by atoms with Crippen LogP contribution in [0.4, 0.5) is 17.1 Å². The molecule has 1 aliphatic rings. The molecule has 0 bridgehead atoms. The van der Waals surface area contributed by atoms with Gasteiger partial charge in [-0.25, -0.2) is 5.43 Å². The first-order chi connectivity index (χ1) is 14.3. The van der Waals surface area contributed by atoms with E-state index in [0.717, 1.165) is 37.9 Å². The van der Waals surface area contributed by atoms with Gasteiger partial charge in [0.1, 0.15) is 0 Å². The van der Waals surface area contributed by atoms with Gasteiger partial charge in [-0.15, -0.1) is 0 Å². The first-order valence-electron chi connectivity index (χ1n) is 9.15. The molecular weight excluding hydrogens is 392 g/mol. The molecule has 0 spiro atoms. The fraction of sp³-hybridized carbons (Fsp3) is 0.263. The molecule has 0 unspecified atom stereocenters. The zero-order chi connectivity index (χ0) is 21.7. The van der Waals surface area contributed by atoms with Crippen molar-refractivity contribution in [2.24, 2.45) is 5.10 Å². The summed E-state index contributed by atoms with van der Waals surface area (Å²) in [7, 11) is 2.03. The molecule has 0 saturated carbocycles. The normalized spacial score (nSPS) is 14.6. The van der Waals surface area contributed by atoms with Crippen molar-refractivity contribution in [2.75, 3.05) is 38.1 Å². The lowest BCUT2D eigenvalue weighted by Crippen LogP contribution is -2.44. The van der Waals surface area contributed by atoms with Crippen molar-refractivity contribution < 1.29 is 14.6 Å². The second-order valence-corrected chi connectivity index (χ2v) is 6.80. The van der Waals surface area contributed by atoms with E-state index in [-0.39, 0.29) is 16.9 Å². The number of likely N-dealkylation sites (N-methyl/N-ethyl adjacent to an activating group) is 1. The lowest BCUT2D eigenvalue weighted by molar-refractivity contribution is -0.385. The zero-order valence-electron chi connectivity index (χ0n) is 16.2. The highest BCUT2D eigenvalue weighted by molar-refractivity contribution is 5.96. The second-order valence-electron chi connectivity index (χ2n) is 6.80. The predicted octanol–water partition coefficient (Wildman–Crippen LogP) is 2.02. The molecule has 0 atom stereocenters. The number of hydrogen-bond acceptors (Lipinski definition) is 8. The summed E-state index contributed by atoms with van der Waals surface area (Å²) >= 11 is 0. The average molecular weight is 412 g/mol. The van der Waals surface area contributed by atoms with Gasteiger partial charge in [0.05, 0.1) is 16.1 Å². The van der Waals surface area contributed by atoms with Crippen molar-refractivity contribution in [3.05, 3.63) is 73.8 Å². The Balaban J connectivity index is 1.80. The number of rotatable bonds is 6. The number of hydrazone groups is 1. The minimum atomic E-state index is -0.624. The summed E-state index contributed by atoms with van der Waals surface area (Å²) in [5.74, 6) is -0.624. The van der Waals surface area contributed by atoms with Gasteiger partial charge in [-0.05, 0) is 19.2 Å². The first kappa shape index (κ1) is 20.9. The van der Waals surface area contributed by atoms with Crippen LogP contribution in [0.25, 0.3) is 0 Å². The van der Waals surface area contributed by atoms with Crippen LogP contribution in [0.5, 0.6) is 0 Å². The highest BCUT2D eigenvalue weighted by atomic mass is 16.6. The number of benzene rings is 2. The number of amides is 1. The molecule has 0 radical (unpaired) electrons. The quantitative estimate of drug-likeness (QED) is 0.436.